The van der Waals surface area contributed by atoms with Crippen LogP contribution in [0.25, 0.3) is 0 Å². The predicted molar refractivity (Wildman–Crippen MR) is 99.9 cm³/mol. The van der Waals surface area contributed by atoms with E-state index in [9.17, 15) is 9.59 Å². The number of methoxy groups -OCH3 is 2. The van der Waals surface area contributed by atoms with Gasteiger partial charge in [-0.3, -0.25) is 4.79 Å². The molecule has 0 bridgehead atoms. The number of amides is 3. The summed E-state index contributed by atoms with van der Waals surface area (Å²) in [5.74, 6) is 1.01. The van der Waals surface area contributed by atoms with Crippen LogP contribution in [0.4, 0.5) is 4.79 Å². The van der Waals surface area contributed by atoms with E-state index < -0.39 is 0 Å². The van der Waals surface area contributed by atoms with Crippen molar-refractivity contribution in [2.75, 3.05) is 40.4 Å². The SMILES string of the molecule is COc1ccc(OC)c(C(=O)N2CCCN(C(=O)NC(C)(C)C)CC2)c1. The van der Waals surface area contributed by atoms with Crippen LogP contribution >= 0.6 is 0 Å². The van der Waals surface area contributed by atoms with Gasteiger partial charge >= 0.3 is 6.03 Å². The first-order chi connectivity index (χ1) is 12.2. The van der Waals surface area contributed by atoms with Gasteiger partial charge in [0.1, 0.15) is 11.5 Å². The van der Waals surface area contributed by atoms with E-state index in [2.05, 4.69) is 5.32 Å². The lowest BCUT2D eigenvalue weighted by atomic mass is 10.1. The first kappa shape index (κ1) is 19.9. The summed E-state index contributed by atoms with van der Waals surface area (Å²) in [4.78, 5) is 28.9. The molecule has 1 fully saturated rings. The van der Waals surface area contributed by atoms with E-state index in [0.717, 1.165) is 6.42 Å². The van der Waals surface area contributed by atoms with Gasteiger partial charge in [0.2, 0.25) is 0 Å². The van der Waals surface area contributed by atoms with Gasteiger partial charge in [-0.05, 0) is 45.4 Å². The van der Waals surface area contributed by atoms with Gasteiger partial charge in [-0.15, -0.1) is 0 Å². The van der Waals surface area contributed by atoms with Crippen molar-refractivity contribution in [3.05, 3.63) is 23.8 Å². The molecule has 1 heterocycles. The van der Waals surface area contributed by atoms with E-state index in [1.807, 2.05) is 20.8 Å². The lowest BCUT2D eigenvalue weighted by Crippen LogP contribution is -2.49. The third-order valence-electron chi connectivity index (χ3n) is 4.19. The van der Waals surface area contributed by atoms with E-state index in [0.29, 0.717) is 43.2 Å². The minimum atomic E-state index is -0.285. The van der Waals surface area contributed by atoms with Crippen LogP contribution in [0.5, 0.6) is 11.5 Å². The fourth-order valence-corrected chi connectivity index (χ4v) is 2.88. The lowest BCUT2D eigenvalue weighted by Gasteiger charge is -2.27. The Balaban J connectivity index is 2.09. The van der Waals surface area contributed by atoms with Crippen molar-refractivity contribution in [1.29, 1.82) is 0 Å². The minimum absolute atomic E-state index is 0.0919. The van der Waals surface area contributed by atoms with Crippen molar-refractivity contribution in [2.24, 2.45) is 0 Å². The summed E-state index contributed by atoms with van der Waals surface area (Å²) in [5, 5.41) is 2.97. The number of nitrogens with zero attached hydrogens (tertiary/aromatic N) is 2. The Morgan fingerprint density at radius 2 is 1.65 bits per heavy atom. The lowest BCUT2D eigenvalue weighted by molar-refractivity contribution is 0.0758. The molecule has 3 amide bonds. The van der Waals surface area contributed by atoms with E-state index in [1.165, 1.54) is 0 Å². The largest absolute Gasteiger partial charge is 0.497 e. The summed E-state index contributed by atoms with van der Waals surface area (Å²) < 4.78 is 10.5. The van der Waals surface area contributed by atoms with E-state index in [4.69, 9.17) is 9.47 Å². The van der Waals surface area contributed by atoms with Gasteiger partial charge in [0.05, 0.1) is 19.8 Å². The number of carbonyl (C=O) groups excluding carboxylic acids is 2. The maximum Gasteiger partial charge on any atom is 0.317 e. The summed E-state index contributed by atoms with van der Waals surface area (Å²) >= 11 is 0. The monoisotopic (exact) mass is 363 g/mol. The molecule has 0 spiro atoms. The van der Waals surface area contributed by atoms with Crippen molar-refractivity contribution in [3.63, 3.8) is 0 Å². The second-order valence-corrected chi connectivity index (χ2v) is 7.38. The van der Waals surface area contributed by atoms with Crippen LogP contribution in [-0.4, -0.2) is 67.7 Å². The molecule has 0 atom stereocenters. The molecule has 1 aliphatic rings. The molecule has 7 heteroatoms. The molecule has 7 nitrogen and oxygen atoms in total. The van der Waals surface area contributed by atoms with Gasteiger partial charge in [0.25, 0.3) is 5.91 Å². The molecule has 1 aromatic carbocycles. The highest BCUT2D eigenvalue weighted by atomic mass is 16.5. The number of urea groups is 1. The van der Waals surface area contributed by atoms with Crippen molar-refractivity contribution in [1.82, 2.24) is 15.1 Å². The molecule has 1 N–H and O–H groups in total. The number of rotatable bonds is 3. The summed E-state index contributed by atoms with van der Waals surface area (Å²) in [5.41, 5.74) is 0.187. The fourth-order valence-electron chi connectivity index (χ4n) is 2.88. The number of hydrogen-bond acceptors (Lipinski definition) is 4. The molecule has 144 valence electrons. The first-order valence-corrected chi connectivity index (χ1v) is 8.83. The van der Waals surface area contributed by atoms with E-state index >= 15 is 0 Å². The van der Waals surface area contributed by atoms with Crippen molar-refractivity contribution >= 4 is 11.9 Å². The summed E-state index contributed by atoms with van der Waals surface area (Å²) in [6, 6.07) is 5.09. The Kier molecular flexibility index (Phi) is 6.34. The standard InChI is InChI=1S/C19H29N3O4/c1-19(2,3)20-18(24)22-10-6-9-21(11-12-22)17(23)15-13-14(25-4)7-8-16(15)26-5/h7-8,13H,6,9-12H2,1-5H3,(H,20,24). The van der Waals surface area contributed by atoms with Crippen LogP contribution in [0.1, 0.15) is 37.6 Å². The van der Waals surface area contributed by atoms with Crippen LogP contribution in [-0.2, 0) is 0 Å². The topological polar surface area (TPSA) is 71.1 Å². The van der Waals surface area contributed by atoms with Crippen molar-refractivity contribution in [2.45, 2.75) is 32.7 Å². The van der Waals surface area contributed by atoms with E-state index in [1.54, 1.807) is 42.2 Å². The summed E-state index contributed by atoms with van der Waals surface area (Å²) in [7, 11) is 3.10. The average Bonchev–Trinajstić information content (AvgIpc) is 2.85. The zero-order valence-corrected chi connectivity index (χ0v) is 16.3. The Morgan fingerprint density at radius 3 is 2.27 bits per heavy atom. The number of benzene rings is 1. The van der Waals surface area contributed by atoms with Gasteiger partial charge in [0.15, 0.2) is 0 Å². The van der Waals surface area contributed by atoms with Gasteiger partial charge in [-0.2, -0.15) is 0 Å². The number of carbonyl (C=O) groups is 2. The molecule has 2 rings (SSSR count). The molecule has 1 aliphatic heterocycles. The van der Waals surface area contributed by atoms with Gasteiger partial charge in [0, 0.05) is 31.7 Å². The maximum absolute atomic E-state index is 13.0. The van der Waals surface area contributed by atoms with Gasteiger partial charge in [-0.25, -0.2) is 4.79 Å². The Bertz CT molecular complexity index is 655. The Morgan fingerprint density at radius 1 is 1.00 bits per heavy atom. The molecular formula is C19H29N3O4. The normalized spacial score (nSPS) is 15.3. The van der Waals surface area contributed by atoms with Gasteiger partial charge in [-0.1, -0.05) is 0 Å². The second kappa shape index (κ2) is 8.29. The summed E-state index contributed by atoms with van der Waals surface area (Å²) in [6.45, 7) is 8.06. The highest BCUT2D eigenvalue weighted by Gasteiger charge is 2.26. The number of nitrogens with one attached hydrogen (secondary N) is 1. The quantitative estimate of drug-likeness (QED) is 0.895. The zero-order chi connectivity index (χ0) is 19.3. The molecule has 0 radical (unpaired) electrons. The Labute approximate surface area is 155 Å². The third-order valence-corrected chi connectivity index (χ3v) is 4.19. The molecule has 0 aromatic heterocycles. The number of ether oxygens (including phenoxy) is 2. The molecule has 0 saturated carbocycles. The zero-order valence-electron chi connectivity index (χ0n) is 16.3. The molecule has 0 aliphatic carbocycles. The molecule has 26 heavy (non-hydrogen) atoms. The maximum atomic E-state index is 13.0. The number of hydrogen-bond donors (Lipinski definition) is 1. The van der Waals surface area contributed by atoms with E-state index in [-0.39, 0.29) is 17.5 Å². The molecular weight excluding hydrogens is 334 g/mol. The van der Waals surface area contributed by atoms with Crippen molar-refractivity contribution < 1.29 is 19.1 Å². The van der Waals surface area contributed by atoms with Crippen molar-refractivity contribution in [3.8, 4) is 11.5 Å². The molecule has 1 saturated heterocycles. The average molecular weight is 363 g/mol. The van der Waals surface area contributed by atoms with Crippen LogP contribution < -0.4 is 14.8 Å². The highest BCUT2D eigenvalue weighted by molar-refractivity contribution is 5.97. The second-order valence-electron chi connectivity index (χ2n) is 7.38. The van der Waals surface area contributed by atoms with Crippen LogP contribution in [0.3, 0.4) is 0 Å². The summed E-state index contributed by atoms with van der Waals surface area (Å²) in [6.07, 6.45) is 0.732. The predicted octanol–water partition coefficient (Wildman–Crippen LogP) is 2.36. The highest BCUT2D eigenvalue weighted by Crippen LogP contribution is 2.25. The van der Waals surface area contributed by atoms with Crippen LogP contribution in [0, 0.1) is 0 Å². The minimum Gasteiger partial charge on any atom is -0.497 e. The molecule has 0 unspecified atom stereocenters. The first-order valence-electron chi connectivity index (χ1n) is 8.83. The van der Waals surface area contributed by atoms with Crippen LogP contribution in [0.2, 0.25) is 0 Å². The molecule has 1 aromatic rings. The fraction of sp³-hybridized carbons (Fsp3) is 0.579. The van der Waals surface area contributed by atoms with Crippen LogP contribution in [0.15, 0.2) is 18.2 Å². The smallest absolute Gasteiger partial charge is 0.317 e. The third kappa shape index (κ3) is 5.03. The van der Waals surface area contributed by atoms with Gasteiger partial charge < -0.3 is 24.6 Å². The Hall–Kier alpha value is -2.44.